The fraction of sp³-hybridized carbons (Fsp3) is 0.818. The summed E-state index contributed by atoms with van der Waals surface area (Å²) in [7, 11) is 0. The Kier molecular flexibility index (Phi) is 3.56. The largest absolute Gasteiger partial charge is 0.377 e. The Morgan fingerprint density at radius 1 is 1.57 bits per heavy atom. The van der Waals surface area contributed by atoms with Gasteiger partial charge in [-0.3, -0.25) is 0 Å². The van der Waals surface area contributed by atoms with Crippen molar-refractivity contribution in [2.75, 3.05) is 32.8 Å². The summed E-state index contributed by atoms with van der Waals surface area (Å²) in [5.41, 5.74) is 3.08. The third kappa shape index (κ3) is 2.56. The standard InChI is InChI=1S/C11H20N2O/c1-9(10-6-13-7-10)5-12-8-11-3-2-4-14-11/h11-13H,2-8H2,1H3. The SMILES string of the molecule is CC(CNCC1CCCO1)=C1CNC1. The van der Waals surface area contributed by atoms with E-state index in [0.717, 1.165) is 32.8 Å². The molecule has 0 saturated carbocycles. The molecule has 0 aliphatic carbocycles. The van der Waals surface area contributed by atoms with Crippen molar-refractivity contribution in [3.05, 3.63) is 11.1 Å². The van der Waals surface area contributed by atoms with E-state index < -0.39 is 0 Å². The smallest absolute Gasteiger partial charge is 0.0700 e. The summed E-state index contributed by atoms with van der Waals surface area (Å²) < 4.78 is 5.54. The van der Waals surface area contributed by atoms with Crippen LogP contribution in [0.3, 0.4) is 0 Å². The molecule has 0 bridgehead atoms. The van der Waals surface area contributed by atoms with Crippen molar-refractivity contribution >= 4 is 0 Å². The monoisotopic (exact) mass is 196 g/mol. The van der Waals surface area contributed by atoms with Gasteiger partial charge in [-0.1, -0.05) is 5.57 Å². The van der Waals surface area contributed by atoms with Crippen LogP contribution in [0.4, 0.5) is 0 Å². The van der Waals surface area contributed by atoms with Crippen molar-refractivity contribution < 1.29 is 4.74 Å². The average Bonchev–Trinajstić information content (AvgIpc) is 2.53. The van der Waals surface area contributed by atoms with Gasteiger partial charge < -0.3 is 15.4 Å². The predicted octanol–water partition coefficient (Wildman–Crippen LogP) is 0.675. The number of rotatable bonds is 4. The maximum Gasteiger partial charge on any atom is 0.0700 e. The molecular formula is C11H20N2O. The molecule has 2 heterocycles. The van der Waals surface area contributed by atoms with Crippen LogP contribution in [0.2, 0.25) is 0 Å². The molecule has 1 atom stereocenters. The Bertz CT molecular complexity index is 213. The second-order valence-corrected chi connectivity index (χ2v) is 4.25. The maximum absolute atomic E-state index is 5.54. The summed E-state index contributed by atoms with van der Waals surface area (Å²) in [6.07, 6.45) is 2.92. The quantitative estimate of drug-likeness (QED) is 0.649. The number of hydrogen-bond donors (Lipinski definition) is 2. The second kappa shape index (κ2) is 4.91. The van der Waals surface area contributed by atoms with Gasteiger partial charge in [-0.2, -0.15) is 0 Å². The first kappa shape index (κ1) is 10.1. The lowest BCUT2D eigenvalue weighted by atomic mass is 10.0. The van der Waals surface area contributed by atoms with E-state index in [1.165, 1.54) is 18.4 Å². The summed E-state index contributed by atoms with van der Waals surface area (Å²) in [5, 5.41) is 6.73. The van der Waals surface area contributed by atoms with Gasteiger partial charge in [0, 0.05) is 32.8 Å². The van der Waals surface area contributed by atoms with Crippen molar-refractivity contribution in [3.63, 3.8) is 0 Å². The Morgan fingerprint density at radius 2 is 2.43 bits per heavy atom. The highest BCUT2D eigenvalue weighted by atomic mass is 16.5. The van der Waals surface area contributed by atoms with Crippen LogP contribution in [-0.2, 0) is 4.74 Å². The van der Waals surface area contributed by atoms with Gasteiger partial charge in [0.25, 0.3) is 0 Å². The van der Waals surface area contributed by atoms with Crippen LogP contribution in [0, 0.1) is 0 Å². The highest BCUT2D eigenvalue weighted by Crippen LogP contribution is 2.11. The zero-order valence-electron chi connectivity index (χ0n) is 8.94. The average molecular weight is 196 g/mol. The van der Waals surface area contributed by atoms with Gasteiger partial charge in [0.15, 0.2) is 0 Å². The first-order valence-corrected chi connectivity index (χ1v) is 5.57. The third-order valence-corrected chi connectivity index (χ3v) is 3.07. The van der Waals surface area contributed by atoms with Crippen molar-refractivity contribution in [2.45, 2.75) is 25.9 Å². The van der Waals surface area contributed by atoms with Crippen LogP contribution >= 0.6 is 0 Å². The zero-order chi connectivity index (χ0) is 9.80. The molecule has 2 aliphatic rings. The fourth-order valence-corrected chi connectivity index (χ4v) is 1.90. The number of nitrogens with one attached hydrogen (secondary N) is 2. The van der Waals surface area contributed by atoms with Crippen LogP contribution in [0.15, 0.2) is 11.1 Å². The van der Waals surface area contributed by atoms with Crippen molar-refractivity contribution in [2.24, 2.45) is 0 Å². The first-order chi connectivity index (χ1) is 6.86. The second-order valence-electron chi connectivity index (χ2n) is 4.25. The van der Waals surface area contributed by atoms with Crippen molar-refractivity contribution in [3.8, 4) is 0 Å². The summed E-state index contributed by atoms with van der Waals surface area (Å²) in [6.45, 7) is 7.39. The Morgan fingerprint density at radius 3 is 3.00 bits per heavy atom. The van der Waals surface area contributed by atoms with E-state index in [0.29, 0.717) is 6.10 Å². The van der Waals surface area contributed by atoms with E-state index in [1.807, 2.05) is 0 Å². The maximum atomic E-state index is 5.54. The first-order valence-electron chi connectivity index (χ1n) is 5.57. The summed E-state index contributed by atoms with van der Waals surface area (Å²) in [4.78, 5) is 0. The lowest BCUT2D eigenvalue weighted by Gasteiger charge is -2.22. The van der Waals surface area contributed by atoms with Crippen LogP contribution in [0.1, 0.15) is 19.8 Å². The molecule has 1 unspecified atom stereocenters. The van der Waals surface area contributed by atoms with E-state index >= 15 is 0 Å². The number of hydrogen-bond acceptors (Lipinski definition) is 3. The minimum atomic E-state index is 0.465. The molecule has 2 saturated heterocycles. The minimum Gasteiger partial charge on any atom is -0.377 e. The van der Waals surface area contributed by atoms with Crippen molar-refractivity contribution in [1.29, 1.82) is 0 Å². The molecule has 3 heteroatoms. The van der Waals surface area contributed by atoms with Crippen LogP contribution in [0.5, 0.6) is 0 Å². The van der Waals surface area contributed by atoms with Gasteiger partial charge in [0.1, 0.15) is 0 Å². The van der Waals surface area contributed by atoms with Crippen LogP contribution in [0.25, 0.3) is 0 Å². The molecule has 0 spiro atoms. The lowest BCUT2D eigenvalue weighted by molar-refractivity contribution is 0.111. The normalized spacial score (nSPS) is 26.4. The number of ether oxygens (including phenoxy) is 1. The molecule has 0 aromatic carbocycles. The molecule has 2 aliphatic heterocycles. The van der Waals surface area contributed by atoms with Gasteiger partial charge in [0.05, 0.1) is 6.10 Å². The molecule has 3 nitrogen and oxygen atoms in total. The minimum absolute atomic E-state index is 0.465. The van der Waals surface area contributed by atoms with E-state index in [1.54, 1.807) is 5.57 Å². The summed E-state index contributed by atoms with van der Waals surface area (Å²) >= 11 is 0. The summed E-state index contributed by atoms with van der Waals surface area (Å²) in [5.74, 6) is 0. The van der Waals surface area contributed by atoms with Gasteiger partial charge in [-0.05, 0) is 25.3 Å². The van der Waals surface area contributed by atoms with Gasteiger partial charge in [-0.15, -0.1) is 0 Å². The molecule has 2 fully saturated rings. The molecule has 14 heavy (non-hydrogen) atoms. The molecule has 0 aromatic heterocycles. The van der Waals surface area contributed by atoms with E-state index in [-0.39, 0.29) is 0 Å². The van der Waals surface area contributed by atoms with E-state index in [2.05, 4.69) is 17.6 Å². The van der Waals surface area contributed by atoms with Gasteiger partial charge >= 0.3 is 0 Å². The lowest BCUT2D eigenvalue weighted by Crippen LogP contribution is -2.36. The predicted molar refractivity (Wildman–Crippen MR) is 57.4 cm³/mol. The van der Waals surface area contributed by atoms with E-state index in [4.69, 9.17) is 4.74 Å². The van der Waals surface area contributed by atoms with Gasteiger partial charge in [0.2, 0.25) is 0 Å². The Labute approximate surface area is 85.9 Å². The molecule has 0 aromatic rings. The summed E-state index contributed by atoms with van der Waals surface area (Å²) in [6, 6.07) is 0. The van der Waals surface area contributed by atoms with E-state index in [9.17, 15) is 0 Å². The third-order valence-electron chi connectivity index (χ3n) is 3.07. The molecule has 2 rings (SSSR count). The zero-order valence-corrected chi connectivity index (χ0v) is 8.94. The van der Waals surface area contributed by atoms with Crippen LogP contribution in [-0.4, -0.2) is 38.9 Å². The highest BCUT2D eigenvalue weighted by Gasteiger charge is 2.15. The van der Waals surface area contributed by atoms with Gasteiger partial charge in [-0.25, -0.2) is 0 Å². The Hall–Kier alpha value is -0.380. The molecule has 2 N–H and O–H groups in total. The topological polar surface area (TPSA) is 33.3 Å². The molecule has 0 radical (unpaired) electrons. The highest BCUT2D eigenvalue weighted by molar-refractivity contribution is 5.22. The van der Waals surface area contributed by atoms with Crippen molar-refractivity contribution in [1.82, 2.24) is 10.6 Å². The fourth-order valence-electron chi connectivity index (χ4n) is 1.90. The molecule has 0 amide bonds. The molecular weight excluding hydrogens is 176 g/mol. The Balaban J connectivity index is 1.62. The molecule has 80 valence electrons. The van der Waals surface area contributed by atoms with Crippen LogP contribution < -0.4 is 10.6 Å².